The van der Waals surface area contributed by atoms with Gasteiger partial charge in [0.1, 0.15) is 5.75 Å². The standard InChI is InChI=1S/C20H22N2O3/c1-13(2)21-19(23)11-14-3-6-17(7-4-14)22-20(24)16-5-8-18-15(12-16)9-10-25-18/h3-8,12-13H,9-11H2,1-2H3,(H,21,23)(H,22,24). The lowest BCUT2D eigenvalue weighted by atomic mass is 10.1. The quantitative estimate of drug-likeness (QED) is 0.881. The zero-order valence-electron chi connectivity index (χ0n) is 14.5. The number of carbonyl (C=O) groups is 2. The van der Waals surface area contributed by atoms with Gasteiger partial charge in [-0.15, -0.1) is 0 Å². The minimum absolute atomic E-state index is 0.00727. The molecule has 5 heteroatoms. The molecule has 0 atom stereocenters. The number of hydrogen-bond acceptors (Lipinski definition) is 3. The predicted molar refractivity (Wildman–Crippen MR) is 97.0 cm³/mol. The van der Waals surface area contributed by atoms with E-state index < -0.39 is 0 Å². The maximum atomic E-state index is 12.4. The van der Waals surface area contributed by atoms with Gasteiger partial charge < -0.3 is 15.4 Å². The topological polar surface area (TPSA) is 67.4 Å². The molecule has 2 aromatic carbocycles. The fourth-order valence-electron chi connectivity index (χ4n) is 2.80. The van der Waals surface area contributed by atoms with Crippen molar-refractivity contribution in [1.82, 2.24) is 5.32 Å². The van der Waals surface area contributed by atoms with Crippen LogP contribution in [0, 0.1) is 0 Å². The first-order chi connectivity index (χ1) is 12.0. The molecule has 2 amide bonds. The van der Waals surface area contributed by atoms with Crippen molar-refractivity contribution in [2.75, 3.05) is 11.9 Å². The van der Waals surface area contributed by atoms with Gasteiger partial charge in [0.05, 0.1) is 13.0 Å². The van der Waals surface area contributed by atoms with Crippen LogP contribution in [-0.2, 0) is 17.6 Å². The van der Waals surface area contributed by atoms with Crippen molar-refractivity contribution in [3.63, 3.8) is 0 Å². The van der Waals surface area contributed by atoms with Crippen molar-refractivity contribution >= 4 is 17.5 Å². The minimum atomic E-state index is -0.153. The maximum Gasteiger partial charge on any atom is 0.255 e. The highest BCUT2D eigenvalue weighted by atomic mass is 16.5. The zero-order chi connectivity index (χ0) is 17.8. The lowest BCUT2D eigenvalue weighted by molar-refractivity contribution is -0.120. The Morgan fingerprint density at radius 2 is 1.88 bits per heavy atom. The number of nitrogens with one attached hydrogen (secondary N) is 2. The number of benzene rings is 2. The second-order valence-corrected chi connectivity index (χ2v) is 6.47. The number of amides is 2. The van der Waals surface area contributed by atoms with E-state index in [2.05, 4.69) is 10.6 Å². The van der Waals surface area contributed by atoms with Crippen LogP contribution in [0.15, 0.2) is 42.5 Å². The Hall–Kier alpha value is -2.82. The fourth-order valence-corrected chi connectivity index (χ4v) is 2.80. The van der Waals surface area contributed by atoms with E-state index in [-0.39, 0.29) is 17.9 Å². The highest BCUT2D eigenvalue weighted by molar-refractivity contribution is 6.04. The van der Waals surface area contributed by atoms with Gasteiger partial charge in [-0.25, -0.2) is 0 Å². The number of hydrogen-bond donors (Lipinski definition) is 2. The first-order valence-corrected chi connectivity index (χ1v) is 8.46. The number of ether oxygens (including phenoxy) is 1. The van der Waals surface area contributed by atoms with Crippen LogP contribution in [-0.4, -0.2) is 24.5 Å². The van der Waals surface area contributed by atoms with Crippen molar-refractivity contribution in [3.8, 4) is 5.75 Å². The Morgan fingerprint density at radius 1 is 1.12 bits per heavy atom. The number of anilines is 1. The summed E-state index contributed by atoms with van der Waals surface area (Å²) in [5.74, 6) is 0.702. The van der Waals surface area contributed by atoms with Gasteiger partial charge in [0, 0.05) is 23.7 Å². The van der Waals surface area contributed by atoms with Gasteiger partial charge in [0.15, 0.2) is 0 Å². The average Bonchev–Trinajstić information content (AvgIpc) is 3.03. The molecule has 0 bridgehead atoms. The Kier molecular flexibility index (Phi) is 5.03. The zero-order valence-corrected chi connectivity index (χ0v) is 14.5. The van der Waals surface area contributed by atoms with Crippen LogP contribution in [0.1, 0.15) is 35.3 Å². The molecule has 1 heterocycles. The Bertz CT molecular complexity index is 782. The summed E-state index contributed by atoms with van der Waals surface area (Å²) in [5, 5.41) is 5.74. The molecule has 1 aliphatic rings. The summed E-state index contributed by atoms with van der Waals surface area (Å²) in [4.78, 5) is 24.2. The SMILES string of the molecule is CC(C)NC(=O)Cc1ccc(NC(=O)c2ccc3c(c2)CCO3)cc1. The Balaban J connectivity index is 1.61. The van der Waals surface area contributed by atoms with Crippen LogP contribution in [0.5, 0.6) is 5.75 Å². The van der Waals surface area contributed by atoms with Gasteiger partial charge in [0.25, 0.3) is 5.91 Å². The molecule has 0 saturated heterocycles. The van der Waals surface area contributed by atoms with Gasteiger partial charge in [-0.05, 0) is 55.3 Å². The predicted octanol–water partition coefficient (Wildman–Crippen LogP) is 2.94. The third-order valence-corrected chi connectivity index (χ3v) is 3.98. The van der Waals surface area contributed by atoms with Crippen LogP contribution >= 0.6 is 0 Å². The van der Waals surface area contributed by atoms with Crippen molar-refractivity contribution in [1.29, 1.82) is 0 Å². The number of fused-ring (bicyclic) bond motifs is 1. The molecule has 0 aromatic heterocycles. The highest BCUT2D eigenvalue weighted by Gasteiger charge is 2.15. The molecule has 0 unspecified atom stereocenters. The van der Waals surface area contributed by atoms with E-state index in [4.69, 9.17) is 4.74 Å². The third-order valence-electron chi connectivity index (χ3n) is 3.98. The van der Waals surface area contributed by atoms with E-state index in [0.29, 0.717) is 24.3 Å². The summed E-state index contributed by atoms with van der Waals surface area (Å²) in [7, 11) is 0. The summed E-state index contributed by atoms with van der Waals surface area (Å²) in [5.41, 5.74) is 3.30. The molecule has 0 radical (unpaired) electrons. The Morgan fingerprint density at radius 3 is 2.60 bits per heavy atom. The summed E-state index contributed by atoms with van der Waals surface area (Å²) < 4.78 is 5.46. The van der Waals surface area contributed by atoms with Crippen molar-refractivity contribution < 1.29 is 14.3 Å². The molecule has 0 fully saturated rings. The molecule has 2 aromatic rings. The summed E-state index contributed by atoms with van der Waals surface area (Å²) >= 11 is 0. The monoisotopic (exact) mass is 338 g/mol. The fraction of sp³-hybridized carbons (Fsp3) is 0.300. The third kappa shape index (κ3) is 4.38. The smallest absolute Gasteiger partial charge is 0.255 e. The van der Waals surface area contributed by atoms with Crippen LogP contribution in [0.2, 0.25) is 0 Å². The van der Waals surface area contributed by atoms with Crippen LogP contribution in [0.3, 0.4) is 0 Å². The lowest BCUT2D eigenvalue weighted by Crippen LogP contribution is -2.31. The Labute approximate surface area is 147 Å². The molecule has 0 aliphatic carbocycles. The molecule has 3 rings (SSSR count). The average molecular weight is 338 g/mol. The van der Waals surface area contributed by atoms with Crippen molar-refractivity contribution in [2.24, 2.45) is 0 Å². The largest absolute Gasteiger partial charge is 0.493 e. The van der Waals surface area contributed by atoms with Gasteiger partial charge in [0.2, 0.25) is 5.91 Å². The summed E-state index contributed by atoms with van der Waals surface area (Å²) in [6.07, 6.45) is 1.17. The highest BCUT2D eigenvalue weighted by Crippen LogP contribution is 2.26. The minimum Gasteiger partial charge on any atom is -0.493 e. The normalized spacial score (nSPS) is 12.4. The molecule has 5 nitrogen and oxygen atoms in total. The molecule has 25 heavy (non-hydrogen) atoms. The van der Waals surface area contributed by atoms with E-state index in [1.165, 1.54) is 0 Å². The molecular formula is C20H22N2O3. The van der Waals surface area contributed by atoms with E-state index in [0.717, 1.165) is 23.3 Å². The van der Waals surface area contributed by atoms with Crippen molar-refractivity contribution in [3.05, 3.63) is 59.2 Å². The molecule has 130 valence electrons. The van der Waals surface area contributed by atoms with Gasteiger partial charge in [-0.3, -0.25) is 9.59 Å². The second-order valence-electron chi connectivity index (χ2n) is 6.47. The van der Waals surface area contributed by atoms with E-state index >= 15 is 0 Å². The molecule has 2 N–H and O–H groups in total. The summed E-state index contributed by atoms with van der Waals surface area (Å²) in [6, 6.07) is 12.9. The van der Waals surface area contributed by atoms with Crippen LogP contribution in [0.25, 0.3) is 0 Å². The number of rotatable bonds is 5. The molecular weight excluding hydrogens is 316 g/mol. The maximum absolute atomic E-state index is 12.4. The van der Waals surface area contributed by atoms with Crippen molar-refractivity contribution in [2.45, 2.75) is 32.7 Å². The van der Waals surface area contributed by atoms with Crippen LogP contribution < -0.4 is 15.4 Å². The first kappa shape index (κ1) is 17.0. The summed E-state index contributed by atoms with van der Waals surface area (Å²) in [6.45, 7) is 4.54. The van der Waals surface area contributed by atoms with Gasteiger partial charge in [-0.1, -0.05) is 12.1 Å². The van der Waals surface area contributed by atoms with Gasteiger partial charge in [-0.2, -0.15) is 0 Å². The lowest BCUT2D eigenvalue weighted by Gasteiger charge is -2.09. The second kappa shape index (κ2) is 7.38. The van der Waals surface area contributed by atoms with E-state index in [9.17, 15) is 9.59 Å². The van der Waals surface area contributed by atoms with E-state index in [1.54, 1.807) is 6.07 Å². The van der Waals surface area contributed by atoms with Gasteiger partial charge >= 0.3 is 0 Å². The van der Waals surface area contributed by atoms with Crippen LogP contribution in [0.4, 0.5) is 5.69 Å². The molecule has 1 aliphatic heterocycles. The molecule has 0 saturated carbocycles. The molecule has 0 spiro atoms. The van der Waals surface area contributed by atoms with E-state index in [1.807, 2.05) is 50.2 Å². The number of carbonyl (C=O) groups excluding carboxylic acids is 2. The first-order valence-electron chi connectivity index (χ1n) is 8.46.